The molecule has 1 aliphatic rings. The van der Waals surface area contributed by atoms with Crippen molar-refractivity contribution in [1.82, 2.24) is 5.16 Å². The summed E-state index contributed by atoms with van der Waals surface area (Å²) in [7, 11) is 0. The fourth-order valence-electron chi connectivity index (χ4n) is 2.75. The van der Waals surface area contributed by atoms with Gasteiger partial charge in [0.15, 0.2) is 5.58 Å². The van der Waals surface area contributed by atoms with Crippen LogP contribution in [-0.2, 0) is 6.42 Å². The van der Waals surface area contributed by atoms with Crippen molar-refractivity contribution in [3.63, 3.8) is 0 Å². The van der Waals surface area contributed by atoms with Crippen LogP contribution in [0.15, 0.2) is 34.9 Å². The summed E-state index contributed by atoms with van der Waals surface area (Å²) < 4.78 is 11.0. The van der Waals surface area contributed by atoms with Gasteiger partial charge in [-0.25, -0.2) is 0 Å². The fraction of sp³-hybridized carbons (Fsp3) is 0.188. The number of para-hydroxylation sites is 1. The van der Waals surface area contributed by atoms with E-state index in [-0.39, 0.29) is 12.7 Å². The molecule has 0 saturated carbocycles. The number of rotatable bonds is 2. The van der Waals surface area contributed by atoms with Gasteiger partial charge in [-0.05, 0) is 18.2 Å². The van der Waals surface area contributed by atoms with Gasteiger partial charge >= 0.3 is 0 Å². The van der Waals surface area contributed by atoms with Gasteiger partial charge in [0.25, 0.3) is 0 Å². The SMILES string of the molecule is OCC1Cc2cc(-c3noc4ccccc34)c(Cl)c(Cl)c2O1. The second-order valence-electron chi connectivity index (χ2n) is 5.19. The molecule has 0 bridgehead atoms. The van der Waals surface area contributed by atoms with E-state index in [9.17, 15) is 5.11 Å². The minimum Gasteiger partial charge on any atom is -0.486 e. The van der Waals surface area contributed by atoms with Gasteiger partial charge in [-0.1, -0.05) is 40.5 Å². The molecule has 1 aliphatic heterocycles. The molecule has 6 heteroatoms. The van der Waals surface area contributed by atoms with E-state index in [4.69, 9.17) is 32.5 Å². The molecule has 4 nitrogen and oxygen atoms in total. The minimum atomic E-state index is -0.284. The molecule has 4 rings (SSSR count). The normalized spacial score (nSPS) is 16.8. The molecule has 0 spiro atoms. The molecule has 0 fully saturated rings. The molecule has 22 heavy (non-hydrogen) atoms. The first-order valence-corrected chi connectivity index (χ1v) is 7.58. The van der Waals surface area contributed by atoms with Crippen LogP contribution in [0.1, 0.15) is 5.56 Å². The van der Waals surface area contributed by atoms with Crippen LogP contribution in [0.4, 0.5) is 0 Å². The summed E-state index contributed by atoms with van der Waals surface area (Å²) in [6.45, 7) is -0.0646. The quantitative estimate of drug-likeness (QED) is 0.766. The van der Waals surface area contributed by atoms with E-state index in [0.717, 1.165) is 10.9 Å². The first-order valence-electron chi connectivity index (χ1n) is 6.82. The summed E-state index contributed by atoms with van der Waals surface area (Å²) in [4.78, 5) is 0. The predicted octanol–water partition coefficient (Wildman–Crippen LogP) is 4.10. The zero-order chi connectivity index (χ0) is 15.3. The Bertz CT molecular complexity index is 875. The summed E-state index contributed by atoms with van der Waals surface area (Å²) in [5.74, 6) is 0.544. The number of nitrogens with zero attached hydrogens (tertiary/aromatic N) is 1. The van der Waals surface area contributed by atoms with Crippen molar-refractivity contribution in [2.45, 2.75) is 12.5 Å². The third-order valence-corrected chi connectivity index (χ3v) is 4.66. The lowest BCUT2D eigenvalue weighted by atomic mass is 10.0. The Labute approximate surface area is 136 Å². The Morgan fingerprint density at radius 3 is 2.86 bits per heavy atom. The van der Waals surface area contributed by atoms with E-state index in [1.54, 1.807) is 0 Å². The molecular formula is C16H11Cl2NO3. The van der Waals surface area contributed by atoms with Gasteiger partial charge in [0.1, 0.15) is 22.6 Å². The van der Waals surface area contributed by atoms with Gasteiger partial charge in [-0.3, -0.25) is 0 Å². The first-order chi connectivity index (χ1) is 10.7. The summed E-state index contributed by atoms with van der Waals surface area (Å²) in [6.07, 6.45) is 0.304. The molecule has 3 aromatic rings. The number of ether oxygens (including phenoxy) is 1. The third kappa shape index (κ3) is 1.99. The van der Waals surface area contributed by atoms with Crippen LogP contribution in [0.3, 0.4) is 0 Å². The van der Waals surface area contributed by atoms with E-state index >= 15 is 0 Å². The molecule has 0 saturated heterocycles. The van der Waals surface area contributed by atoms with Gasteiger partial charge in [0.05, 0.1) is 11.6 Å². The second-order valence-corrected chi connectivity index (χ2v) is 5.95. The number of hydrogen-bond acceptors (Lipinski definition) is 4. The van der Waals surface area contributed by atoms with Gasteiger partial charge in [-0.15, -0.1) is 0 Å². The van der Waals surface area contributed by atoms with Crippen LogP contribution in [0.25, 0.3) is 22.2 Å². The molecule has 2 heterocycles. The number of aliphatic hydroxyl groups is 1. The number of aliphatic hydroxyl groups excluding tert-OH is 1. The lowest BCUT2D eigenvalue weighted by Gasteiger charge is -2.09. The highest BCUT2D eigenvalue weighted by Crippen LogP contribution is 2.46. The maximum Gasteiger partial charge on any atom is 0.167 e. The van der Waals surface area contributed by atoms with Crippen LogP contribution >= 0.6 is 23.2 Å². The Kier molecular flexibility index (Phi) is 3.26. The smallest absolute Gasteiger partial charge is 0.167 e. The maximum atomic E-state index is 9.26. The number of aromatic nitrogens is 1. The molecule has 1 aromatic heterocycles. The maximum absolute atomic E-state index is 9.26. The Morgan fingerprint density at radius 2 is 2.05 bits per heavy atom. The number of hydrogen-bond donors (Lipinski definition) is 1. The number of benzene rings is 2. The molecule has 1 unspecified atom stereocenters. The zero-order valence-corrected chi connectivity index (χ0v) is 12.9. The van der Waals surface area contributed by atoms with Crippen LogP contribution in [0, 0.1) is 0 Å². The van der Waals surface area contributed by atoms with E-state index in [1.807, 2.05) is 30.3 Å². The van der Waals surface area contributed by atoms with Crippen molar-refractivity contribution < 1.29 is 14.4 Å². The summed E-state index contributed by atoms with van der Waals surface area (Å²) in [5, 5.41) is 15.0. The Morgan fingerprint density at radius 1 is 1.23 bits per heavy atom. The van der Waals surface area contributed by atoms with Gasteiger partial charge in [0.2, 0.25) is 0 Å². The largest absolute Gasteiger partial charge is 0.486 e. The fourth-order valence-corrected chi connectivity index (χ4v) is 3.25. The van der Waals surface area contributed by atoms with Crippen LogP contribution in [-0.4, -0.2) is 23.0 Å². The van der Waals surface area contributed by atoms with Gasteiger partial charge < -0.3 is 14.4 Å². The monoisotopic (exact) mass is 335 g/mol. The molecule has 0 amide bonds. The third-order valence-electron chi connectivity index (χ3n) is 3.81. The van der Waals surface area contributed by atoms with Crippen molar-refractivity contribution >= 4 is 34.2 Å². The molecule has 1 atom stereocenters. The van der Waals surface area contributed by atoms with E-state index < -0.39 is 0 Å². The van der Waals surface area contributed by atoms with Crippen molar-refractivity contribution in [2.24, 2.45) is 0 Å². The molecule has 0 aliphatic carbocycles. The van der Waals surface area contributed by atoms with Gasteiger partial charge in [-0.2, -0.15) is 0 Å². The van der Waals surface area contributed by atoms with Crippen molar-refractivity contribution in [2.75, 3.05) is 6.61 Å². The zero-order valence-electron chi connectivity index (χ0n) is 11.3. The predicted molar refractivity (Wildman–Crippen MR) is 84.7 cm³/mol. The second kappa shape index (κ2) is 5.16. The standard InChI is InChI=1S/C16H11Cl2NO3/c17-13-11(15-10-3-1-2-4-12(10)22-19-15)6-8-5-9(7-20)21-16(8)14(13)18/h1-4,6,9,20H,5,7H2. The molecule has 2 aromatic carbocycles. The average molecular weight is 336 g/mol. The van der Waals surface area contributed by atoms with E-state index in [0.29, 0.717) is 39.1 Å². The van der Waals surface area contributed by atoms with Crippen LogP contribution in [0.5, 0.6) is 5.75 Å². The Balaban J connectivity index is 1.92. The van der Waals surface area contributed by atoms with Gasteiger partial charge in [0, 0.05) is 22.9 Å². The highest BCUT2D eigenvalue weighted by molar-refractivity contribution is 6.45. The number of halogens is 2. The molecule has 1 N–H and O–H groups in total. The molecular weight excluding hydrogens is 325 g/mol. The highest BCUT2D eigenvalue weighted by atomic mass is 35.5. The topological polar surface area (TPSA) is 55.5 Å². The average Bonchev–Trinajstić information content (AvgIpc) is 3.14. The minimum absolute atomic E-state index is 0.0646. The lowest BCUT2D eigenvalue weighted by molar-refractivity contribution is 0.134. The summed E-state index contributed by atoms with van der Waals surface area (Å²) in [5.41, 5.74) is 2.96. The van der Waals surface area contributed by atoms with Crippen molar-refractivity contribution in [1.29, 1.82) is 0 Å². The molecule has 112 valence electrons. The van der Waals surface area contributed by atoms with E-state index in [1.165, 1.54) is 0 Å². The van der Waals surface area contributed by atoms with Crippen LogP contribution in [0.2, 0.25) is 10.0 Å². The van der Waals surface area contributed by atoms with Crippen molar-refractivity contribution in [3.8, 4) is 17.0 Å². The highest BCUT2D eigenvalue weighted by Gasteiger charge is 2.29. The number of fused-ring (bicyclic) bond motifs is 2. The molecule has 0 radical (unpaired) electrons. The van der Waals surface area contributed by atoms with Crippen LogP contribution < -0.4 is 4.74 Å². The van der Waals surface area contributed by atoms with Crippen molar-refractivity contribution in [3.05, 3.63) is 45.9 Å². The summed E-state index contributed by atoms with van der Waals surface area (Å²) >= 11 is 12.7. The Hall–Kier alpha value is -1.75. The summed E-state index contributed by atoms with van der Waals surface area (Å²) in [6, 6.07) is 9.47. The first kappa shape index (κ1) is 13.9. The lowest BCUT2D eigenvalue weighted by Crippen LogP contribution is -2.17. The van der Waals surface area contributed by atoms with E-state index in [2.05, 4.69) is 5.16 Å².